The summed E-state index contributed by atoms with van der Waals surface area (Å²) in [5, 5.41) is 0. The van der Waals surface area contributed by atoms with Gasteiger partial charge in [-0.25, -0.2) is 4.98 Å². The molecule has 0 atom stereocenters. The van der Waals surface area contributed by atoms with Crippen LogP contribution in [0.15, 0.2) is 18.3 Å². The van der Waals surface area contributed by atoms with Crippen LogP contribution < -0.4 is 4.90 Å². The van der Waals surface area contributed by atoms with Crippen molar-refractivity contribution in [2.75, 3.05) is 31.1 Å². The first kappa shape index (κ1) is 11.0. The maximum Gasteiger partial charge on any atom is 0.128 e. The minimum absolute atomic E-state index is 0.823. The number of rotatable bonds is 2. The number of nitrogens with zero attached hydrogens (tertiary/aromatic N) is 3. The second-order valence-electron chi connectivity index (χ2n) is 5.08. The van der Waals surface area contributed by atoms with E-state index in [-0.39, 0.29) is 0 Å². The topological polar surface area (TPSA) is 19.4 Å². The number of hydrogen-bond acceptors (Lipinski definition) is 3. The van der Waals surface area contributed by atoms with Crippen molar-refractivity contribution in [1.29, 1.82) is 0 Å². The van der Waals surface area contributed by atoms with Crippen LogP contribution in [0.3, 0.4) is 0 Å². The van der Waals surface area contributed by atoms with Crippen molar-refractivity contribution in [3.8, 4) is 0 Å². The number of likely N-dealkylation sites (tertiary alicyclic amines) is 1. The Bertz CT molecular complexity index is 338. The van der Waals surface area contributed by atoms with Gasteiger partial charge in [-0.05, 0) is 50.9 Å². The van der Waals surface area contributed by atoms with Crippen molar-refractivity contribution in [2.45, 2.75) is 31.7 Å². The Kier molecular flexibility index (Phi) is 3.27. The molecule has 3 heterocycles. The van der Waals surface area contributed by atoms with Crippen molar-refractivity contribution in [3.05, 3.63) is 24.4 Å². The van der Waals surface area contributed by atoms with Gasteiger partial charge in [0.2, 0.25) is 0 Å². The van der Waals surface area contributed by atoms with Gasteiger partial charge in [0.15, 0.2) is 0 Å². The summed E-state index contributed by atoms with van der Waals surface area (Å²) in [6.07, 6.45) is 7.15. The first-order valence-corrected chi connectivity index (χ1v) is 6.74. The minimum atomic E-state index is 0.823. The third-order valence-corrected chi connectivity index (χ3v) is 4.05. The highest BCUT2D eigenvalue weighted by atomic mass is 15.2. The molecule has 3 nitrogen and oxygen atoms in total. The molecule has 2 aliphatic heterocycles. The van der Waals surface area contributed by atoms with Gasteiger partial charge in [-0.3, -0.25) is 0 Å². The zero-order valence-electron chi connectivity index (χ0n) is 10.3. The molecule has 2 fully saturated rings. The molecule has 1 aromatic rings. The summed E-state index contributed by atoms with van der Waals surface area (Å²) in [5.41, 5.74) is 0. The van der Waals surface area contributed by atoms with E-state index in [1.54, 1.807) is 6.20 Å². The summed E-state index contributed by atoms with van der Waals surface area (Å²) >= 11 is 0. The van der Waals surface area contributed by atoms with Gasteiger partial charge in [0.1, 0.15) is 5.82 Å². The maximum absolute atomic E-state index is 4.38. The van der Waals surface area contributed by atoms with Gasteiger partial charge in [0, 0.05) is 31.4 Å². The molecular formula is C14H20N3. The van der Waals surface area contributed by atoms with Gasteiger partial charge in [0.25, 0.3) is 0 Å². The smallest absolute Gasteiger partial charge is 0.128 e. The van der Waals surface area contributed by atoms with E-state index in [1.165, 1.54) is 38.8 Å². The Balaban J connectivity index is 1.57. The summed E-state index contributed by atoms with van der Waals surface area (Å²) in [6, 6.07) is 7.82. The van der Waals surface area contributed by atoms with Crippen LogP contribution in [-0.2, 0) is 0 Å². The van der Waals surface area contributed by atoms with Gasteiger partial charge in [0.05, 0.1) is 0 Å². The monoisotopic (exact) mass is 230 g/mol. The van der Waals surface area contributed by atoms with Gasteiger partial charge in [-0.1, -0.05) is 0 Å². The minimum Gasteiger partial charge on any atom is -0.357 e. The van der Waals surface area contributed by atoms with E-state index in [4.69, 9.17) is 0 Å². The Hall–Kier alpha value is -1.09. The van der Waals surface area contributed by atoms with E-state index in [0.29, 0.717) is 0 Å². The quantitative estimate of drug-likeness (QED) is 0.774. The Morgan fingerprint density at radius 1 is 1.12 bits per heavy atom. The van der Waals surface area contributed by atoms with Gasteiger partial charge in [-0.15, -0.1) is 0 Å². The lowest BCUT2D eigenvalue weighted by Crippen LogP contribution is -2.44. The van der Waals surface area contributed by atoms with Crippen molar-refractivity contribution < 1.29 is 0 Å². The van der Waals surface area contributed by atoms with Crippen LogP contribution in [-0.4, -0.2) is 42.1 Å². The fourth-order valence-corrected chi connectivity index (χ4v) is 3.07. The lowest BCUT2D eigenvalue weighted by atomic mass is 10.0. The number of hydrogen-bond donors (Lipinski definition) is 0. The van der Waals surface area contributed by atoms with Gasteiger partial charge < -0.3 is 9.80 Å². The molecule has 2 saturated heterocycles. The highest BCUT2D eigenvalue weighted by Crippen LogP contribution is 2.23. The fourth-order valence-electron chi connectivity index (χ4n) is 3.07. The molecule has 0 aliphatic carbocycles. The zero-order chi connectivity index (χ0) is 11.5. The highest BCUT2D eigenvalue weighted by Gasteiger charge is 2.26. The highest BCUT2D eigenvalue weighted by molar-refractivity contribution is 5.37. The maximum atomic E-state index is 4.38. The van der Waals surface area contributed by atoms with Crippen molar-refractivity contribution in [1.82, 2.24) is 9.88 Å². The largest absolute Gasteiger partial charge is 0.357 e. The summed E-state index contributed by atoms with van der Waals surface area (Å²) < 4.78 is 0. The SMILES string of the molecule is [c]1ccc(N2CCC(N3CCCC3)CC2)nc1. The van der Waals surface area contributed by atoms with E-state index < -0.39 is 0 Å². The molecule has 2 aliphatic rings. The normalized spacial score (nSPS) is 23.2. The fraction of sp³-hybridized carbons (Fsp3) is 0.643. The van der Waals surface area contributed by atoms with Crippen molar-refractivity contribution in [3.63, 3.8) is 0 Å². The lowest BCUT2D eigenvalue weighted by Gasteiger charge is -2.37. The molecule has 1 aromatic heterocycles. The molecule has 0 bridgehead atoms. The van der Waals surface area contributed by atoms with E-state index in [1.807, 2.05) is 6.07 Å². The molecular weight excluding hydrogens is 210 g/mol. The molecule has 1 radical (unpaired) electrons. The zero-order valence-corrected chi connectivity index (χ0v) is 10.3. The molecule has 0 aromatic carbocycles. The van der Waals surface area contributed by atoms with Crippen LogP contribution in [0.5, 0.6) is 0 Å². The molecule has 3 heteroatoms. The molecule has 0 N–H and O–H groups in total. The average molecular weight is 230 g/mol. The van der Waals surface area contributed by atoms with Crippen molar-refractivity contribution in [2.24, 2.45) is 0 Å². The molecule has 0 spiro atoms. The number of pyridine rings is 1. The van der Waals surface area contributed by atoms with Gasteiger partial charge >= 0.3 is 0 Å². The summed E-state index contributed by atoms with van der Waals surface area (Å²) in [7, 11) is 0. The van der Waals surface area contributed by atoms with E-state index in [2.05, 4.69) is 26.9 Å². The van der Waals surface area contributed by atoms with E-state index in [0.717, 1.165) is 24.9 Å². The lowest BCUT2D eigenvalue weighted by molar-refractivity contribution is 0.207. The summed E-state index contributed by atoms with van der Waals surface area (Å²) in [5.74, 6) is 1.11. The van der Waals surface area contributed by atoms with Crippen LogP contribution in [0.2, 0.25) is 0 Å². The molecule has 0 unspecified atom stereocenters. The van der Waals surface area contributed by atoms with E-state index in [9.17, 15) is 0 Å². The van der Waals surface area contributed by atoms with Crippen LogP contribution >= 0.6 is 0 Å². The number of piperidine rings is 1. The Morgan fingerprint density at radius 3 is 2.53 bits per heavy atom. The predicted octanol–water partition coefficient (Wildman–Crippen LogP) is 1.95. The second kappa shape index (κ2) is 5.05. The Labute approximate surface area is 103 Å². The summed E-state index contributed by atoms with van der Waals surface area (Å²) in [6.45, 7) is 4.95. The van der Waals surface area contributed by atoms with Crippen LogP contribution in [0.1, 0.15) is 25.7 Å². The van der Waals surface area contributed by atoms with Gasteiger partial charge in [-0.2, -0.15) is 0 Å². The third kappa shape index (κ3) is 2.44. The van der Waals surface area contributed by atoms with Crippen LogP contribution in [0, 0.1) is 6.07 Å². The van der Waals surface area contributed by atoms with Crippen LogP contribution in [0.25, 0.3) is 0 Å². The standard InChI is InChI=1S/C14H20N3/c1-2-8-15-14(5-1)17-11-6-13(7-12-17)16-9-3-4-10-16/h1,5,8,13H,3-4,6-7,9-12H2. The second-order valence-corrected chi connectivity index (χ2v) is 5.08. The molecule has 0 amide bonds. The summed E-state index contributed by atoms with van der Waals surface area (Å²) in [4.78, 5) is 9.47. The van der Waals surface area contributed by atoms with E-state index >= 15 is 0 Å². The number of anilines is 1. The molecule has 3 rings (SSSR count). The first-order chi connectivity index (χ1) is 8.43. The predicted molar refractivity (Wildman–Crippen MR) is 69.1 cm³/mol. The first-order valence-electron chi connectivity index (χ1n) is 6.74. The van der Waals surface area contributed by atoms with Crippen molar-refractivity contribution >= 4 is 5.82 Å². The molecule has 91 valence electrons. The molecule has 17 heavy (non-hydrogen) atoms. The molecule has 0 saturated carbocycles. The Morgan fingerprint density at radius 2 is 1.88 bits per heavy atom. The number of aromatic nitrogens is 1. The average Bonchev–Trinajstić information content (AvgIpc) is 2.94. The van der Waals surface area contributed by atoms with Crippen LogP contribution in [0.4, 0.5) is 5.82 Å². The third-order valence-electron chi connectivity index (χ3n) is 4.05.